The average molecular weight is 226 g/mol. The van der Waals surface area contributed by atoms with Crippen LogP contribution in [0, 0.1) is 10.1 Å². The first kappa shape index (κ1) is 11.8. The lowest BCUT2D eigenvalue weighted by molar-refractivity contribution is -0.742. The van der Waals surface area contributed by atoms with E-state index in [9.17, 15) is 0 Å². The van der Waals surface area contributed by atoms with Crippen LogP contribution in [0.5, 0.6) is 5.75 Å². The largest absolute Gasteiger partial charge is 0.505 e. The SMILES string of the molecule is O=[N+]([O-])O.Oc1c(Cl)cccc1Cl. The molecule has 0 aromatic heterocycles. The third-order valence-electron chi connectivity index (χ3n) is 0.938. The van der Waals surface area contributed by atoms with Gasteiger partial charge < -0.3 is 10.3 Å². The van der Waals surface area contributed by atoms with Crippen molar-refractivity contribution in [2.45, 2.75) is 0 Å². The van der Waals surface area contributed by atoms with Gasteiger partial charge in [0.1, 0.15) is 0 Å². The van der Waals surface area contributed by atoms with Crippen molar-refractivity contribution in [2.75, 3.05) is 0 Å². The molecule has 1 rings (SSSR count). The Hall–Kier alpha value is -1.20. The highest BCUT2D eigenvalue weighted by molar-refractivity contribution is 6.37. The highest BCUT2D eigenvalue weighted by Gasteiger charge is 1.99. The Morgan fingerprint density at radius 3 is 1.85 bits per heavy atom. The van der Waals surface area contributed by atoms with Gasteiger partial charge in [0.05, 0.1) is 10.0 Å². The maximum Gasteiger partial charge on any atom is 0.291 e. The molecule has 7 heteroatoms. The van der Waals surface area contributed by atoms with E-state index in [1.165, 1.54) is 0 Å². The van der Waals surface area contributed by atoms with Gasteiger partial charge in [-0.05, 0) is 12.1 Å². The first-order valence-corrected chi connectivity index (χ1v) is 3.67. The van der Waals surface area contributed by atoms with Gasteiger partial charge >= 0.3 is 0 Å². The summed E-state index contributed by atoms with van der Waals surface area (Å²) < 4.78 is 0. The van der Waals surface area contributed by atoms with Crippen molar-refractivity contribution in [1.82, 2.24) is 0 Å². The predicted molar refractivity (Wildman–Crippen MR) is 46.9 cm³/mol. The van der Waals surface area contributed by atoms with Gasteiger partial charge in [-0.3, -0.25) is 0 Å². The summed E-state index contributed by atoms with van der Waals surface area (Å²) in [5, 5.41) is 23.1. The van der Waals surface area contributed by atoms with E-state index in [0.29, 0.717) is 0 Å². The van der Waals surface area contributed by atoms with Gasteiger partial charge in [-0.2, -0.15) is 0 Å². The minimum atomic E-state index is -1.50. The van der Waals surface area contributed by atoms with Gasteiger partial charge in [-0.1, -0.05) is 29.3 Å². The highest BCUT2D eigenvalue weighted by atomic mass is 35.5. The monoisotopic (exact) mass is 225 g/mol. The van der Waals surface area contributed by atoms with E-state index in [1.807, 2.05) is 0 Å². The van der Waals surface area contributed by atoms with Gasteiger partial charge in [0.15, 0.2) is 5.75 Å². The Bertz CT molecular complexity index is 280. The van der Waals surface area contributed by atoms with Gasteiger partial charge in [0.2, 0.25) is 0 Å². The van der Waals surface area contributed by atoms with E-state index in [1.54, 1.807) is 18.2 Å². The minimum absolute atomic E-state index is 0.0548. The third-order valence-corrected chi connectivity index (χ3v) is 1.55. The highest BCUT2D eigenvalue weighted by Crippen LogP contribution is 2.30. The normalized spacial score (nSPS) is 8.46. The van der Waals surface area contributed by atoms with Crippen LogP contribution in [-0.4, -0.2) is 15.4 Å². The van der Waals surface area contributed by atoms with Crippen LogP contribution in [0.15, 0.2) is 18.2 Å². The maximum atomic E-state index is 8.94. The van der Waals surface area contributed by atoms with E-state index in [4.69, 9.17) is 43.6 Å². The number of hydrogen-bond donors (Lipinski definition) is 2. The lowest BCUT2D eigenvalue weighted by Gasteiger charge is -1.95. The number of nitrogens with zero attached hydrogens (tertiary/aromatic N) is 1. The molecule has 5 nitrogen and oxygen atoms in total. The maximum absolute atomic E-state index is 8.94. The van der Waals surface area contributed by atoms with Crippen LogP contribution < -0.4 is 0 Å². The van der Waals surface area contributed by atoms with Crippen molar-refractivity contribution >= 4 is 23.2 Å². The van der Waals surface area contributed by atoms with Crippen LogP contribution in [0.1, 0.15) is 0 Å². The number of rotatable bonds is 0. The predicted octanol–water partition coefficient (Wildman–Crippen LogP) is 2.35. The molecule has 0 aliphatic carbocycles. The summed E-state index contributed by atoms with van der Waals surface area (Å²) in [6.07, 6.45) is 0. The summed E-state index contributed by atoms with van der Waals surface area (Å²) >= 11 is 11.0. The second-order valence-electron chi connectivity index (χ2n) is 1.81. The zero-order valence-electron chi connectivity index (χ0n) is 6.15. The molecular weight excluding hydrogens is 221 g/mol. The van der Waals surface area contributed by atoms with Crippen molar-refractivity contribution in [1.29, 1.82) is 0 Å². The zero-order chi connectivity index (χ0) is 10.4. The van der Waals surface area contributed by atoms with E-state index in [2.05, 4.69) is 0 Å². The molecular formula is C6H5Cl2NO4. The van der Waals surface area contributed by atoms with Crippen molar-refractivity contribution in [3.8, 4) is 5.75 Å². The van der Waals surface area contributed by atoms with Crippen LogP contribution >= 0.6 is 23.2 Å². The lowest BCUT2D eigenvalue weighted by Crippen LogP contribution is -1.81. The van der Waals surface area contributed by atoms with Crippen molar-refractivity contribution < 1.29 is 15.4 Å². The van der Waals surface area contributed by atoms with Gasteiger partial charge in [-0.25, -0.2) is 0 Å². The molecule has 0 spiro atoms. The molecule has 0 radical (unpaired) electrons. The molecule has 0 saturated heterocycles. The Balaban J connectivity index is 0.000000310. The number of benzene rings is 1. The van der Waals surface area contributed by atoms with Crippen molar-refractivity contribution in [2.24, 2.45) is 0 Å². The Morgan fingerprint density at radius 1 is 1.31 bits per heavy atom. The fourth-order valence-electron chi connectivity index (χ4n) is 0.489. The molecule has 0 aliphatic rings. The van der Waals surface area contributed by atoms with Crippen molar-refractivity contribution in [3.05, 3.63) is 38.4 Å². The van der Waals surface area contributed by atoms with Crippen LogP contribution in [0.3, 0.4) is 0 Å². The average Bonchev–Trinajstić information content (AvgIpc) is 1.99. The molecule has 0 heterocycles. The summed E-state index contributed by atoms with van der Waals surface area (Å²) in [7, 11) is 0. The molecule has 0 unspecified atom stereocenters. The second kappa shape index (κ2) is 5.45. The summed E-state index contributed by atoms with van der Waals surface area (Å²) in [4.78, 5) is 8.36. The molecule has 0 amide bonds. The number of para-hydroxylation sites is 1. The molecule has 0 fully saturated rings. The van der Waals surface area contributed by atoms with Gasteiger partial charge in [-0.15, -0.1) is 10.1 Å². The number of hydrogen-bond acceptors (Lipinski definition) is 3. The topological polar surface area (TPSA) is 83.6 Å². The Labute approximate surface area is 83.2 Å². The zero-order valence-corrected chi connectivity index (χ0v) is 7.66. The number of phenols is 1. The van der Waals surface area contributed by atoms with E-state index in [0.717, 1.165) is 0 Å². The summed E-state index contributed by atoms with van der Waals surface area (Å²) in [5.41, 5.74) is 0. The third kappa shape index (κ3) is 5.10. The number of halogens is 2. The molecule has 0 saturated carbocycles. The smallest absolute Gasteiger partial charge is 0.291 e. The summed E-state index contributed by atoms with van der Waals surface area (Å²) in [5.74, 6) is -0.0548. The molecule has 0 atom stereocenters. The van der Waals surface area contributed by atoms with Gasteiger partial charge in [0, 0.05) is 0 Å². The fourth-order valence-corrected chi connectivity index (χ4v) is 0.886. The molecule has 2 N–H and O–H groups in total. The minimum Gasteiger partial charge on any atom is -0.505 e. The second-order valence-corrected chi connectivity index (χ2v) is 2.62. The summed E-state index contributed by atoms with van der Waals surface area (Å²) in [6, 6.07) is 4.82. The Morgan fingerprint density at radius 2 is 1.62 bits per heavy atom. The van der Waals surface area contributed by atoms with Crippen molar-refractivity contribution in [3.63, 3.8) is 0 Å². The number of phenolic OH excluding ortho intramolecular Hbond substituents is 1. The summed E-state index contributed by atoms with van der Waals surface area (Å²) in [6.45, 7) is 0. The van der Waals surface area contributed by atoms with Crippen LogP contribution in [-0.2, 0) is 0 Å². The fraction of sp³-hybridized carbons (Fsp3) is 0. The Kier molecular flexibility index (Phi) is 4.94. The first-order valence-electron chi connectivity index (χ1n) is 2.91. The molecule has 13 heavy (non-hydrogen) atoms. The van der Waals surface area contributed by atoms with E-state index in [-0.39, 0.29) is 15.8 Å². The molecule has 72 valence electrons. The van der Waals surface area contributed by atoms with Gasteiger partial charge in [0.25, 0.3) is 5.09 Å². The van der Waals surface area contributed by atoms with Crippen LogP contribution in [0.25, 0.3) is 0 Å². The molecule has 1 aromatic carbocycles. The van der Waals surface area contributed by atoms with Crippen LogP contribution in [0.2, 0.25) is 10.0 Å². The quantitative estimate of drug-likeness (QED) is 0.525. The molecule has 1 aromatic rings. The van der Waals surface area contributed by atoms with E-state index < -0.39 is 5.09 Å². The standard InChI is InChI=1S/C6H4Cl2O.HNO3/c7-4-2-1-3-5(8)6(4)9;2-1(3)4/h1-3,9H;(H,2,3,4). The van der Waals surface area contributed by atoms with E-state index >= 15 is 0 Å². The first-order chi connectivity index (χ1) is 5.95. The molecule has 0 aliphatic heterocycles. The lowest BCUT2D eigenvalue weighted by atomic mass is 10.3. The van der Waals surface area contributed by atoms with Crippen LogP contribution in [0.4, 0.5) is 0 Å². The molecule has 0 bridgehead atoms. The number of aromatic hydroxyl groups is 1.